The Morgan fingerprint density at radius 2 is 0.831 bits per heavy atom. The normalized spacial score (nSPS) is 16.8. The van der Waals surface area contributed by atoms with Gasteiger partial charge in [-0.3, -0.25) is 82.1 Å². The van der Waals surface area contributed by atoms with Crippen molar-refractivity contribution in [2.45, 2.75) is 252 Å². The van der Waals surface area contributed by atoms with Crippen molar-refractivity contribution < 1.29 is 117 Å². The van der Waals surface area contributed by atoms with Crippen LogP contribution in [-0.4, -0.2) is 312 Å². The van der Waals surface area contributed by atoms with Gasteiger partial charge in [0.15, 0.2) is 5.96 Å². The van der Waals surface area contributed by atoms with Gasteiger partial charge in [-0.1, -0.05) is 70.5 Å². The number of phenolic OH excluding ortho intramolecular Hbond substituents is 3. The van der Waals surface area contributed by atoms with Crippen LogP contribution >= 0.6 is 25.3 Å². The van der Waals surface area contributed by atoms with E-state index in [0.29, 0.717) is 17.5 Å². The van der Waals surface area contributed by atoms with Gasteiger partial charge in [-0.25, -0.2) is 4.79 Å². The number of nitrogens with two attached hydrogens (primary N) is 7. The molecule has 136 heavy (non-hydrogen) atoms. The van der Waals surface area contributed by atoms with Gasteiger partial charge in [-0.15, -0.1) is 0 Å². The number of unbranched alkanes of at least 4 members (excludes halogenated alkanes) is 1. The Morgan fingerprint density at radius 1 is 0.471 bits per heavy atom. The molecule has 1 aliphatic heterocycles. The summed E-state index contributed by atoms with van der Waals surface area (Å²) in [5, 5.41) is 117. The predicted molar refractivity (Wildman–Crippen MR) is 501 cm³/mol. The van der Waals surface area contributed by atoms with E-state index in [9.17, 15) is 117 Å². The number of phenols is 3. The smallest absolute Gasteiger partial charge is 0.326 e. The molecule has 0 saturated carbocycles. The van der Waals surface area contributed by atoms with E-state index < -0.39 is 252 Å². The van der Waals surface area contributed by atoms with Gasteiger partial charge in [-0.2, -0.15) is 25.3 Å². The molecule has 0 radical (unpaired) electrons. The Morgan fingerprint density at radius 3 is 1.23 bits per heavy atom. The highest BCUT2D eigenvalue weighted by Gasteiger charge is 2.46. The van der Waals surface area contributed by atoms with Gasteiger partial charge in [0.05, 0.1) is 31.3 Å². The second-order valence-electron chi connectivity index (χ2n) is 34.0. The molecule has 50 heteroatoms. The number of β-amino-alcohol motifs (C(OH)–C–C–N with tert-alkyl or cyclic N) is 1. The monoisotopic (exact) mass is 1950 g/mol. The quantitative estimate of drug-likeness (QED) is 0.0108. The number of amides is 16. The molecule has 4 rings (SSSR count). The highest BCUT2D eigenvalue weighted by atomic mass is 32.1. The van der Waals surface area contributed by atoms with E-state index in [4.69, 9.17) is 45.5 Å². The van der Waals surface area contributed by atoms with E-state index in [1.54, 1.807) is 27.7 Å². The number of nitrogens with zero attached hydrogens (tertiary/aromatic N) is 1. The zero-order valence-corrected chi connectivity index (χ0v) is 78.8. The third-order valence-electron chi connectivity index (χ3n) is 22.1. The molecule has 1 fully saturated rings. The first kappa shape index (κ1) is 116. The van der Waals surface area contributed by atoms with E-state index in [1.807, 2.05) is 0 Å². The largest absolute Gasteiger partial charge is 0.508 e. The first-order valence-electron chi connectivity index (χ1n) is 44.4. The number of hydrogen-bond acceptors (Lipinski definition) is 31. The maximum absolute atomic E-state index is 14.7. The number of guanidine groups is 1. The predicted octanol–water partition coefficient (Wildman–Crippen LogP) is -8.98. The van der Waals surface area contributed by atoms with Crippen LogP contribution in [0, 0.1) is 17.2 Å². The maximum atomic E-state index is 14.7. The molecule has 37 N–H and O–H groups in total. The SMILES string of the molecule is CC[C@H](C)[C@H](NC(=O)[C@@H]1C[C@@H](O)CN1C(=O)[C@@H](N)C(C)C)C(=O)N[C@H](C(=O)N[C@@H](Cc1ccc(O)cc1)C(=O)N[C@@H](CO)C(=O)N[C@@H](CC(N)=O)C(=O)N[C@@H](CCCNC(=N)N)C(=O)N[C@@H](CCN)C(=O)N[C@H](C(=O)N[C@H](CCN)C(=O)N[C@@H](CCCCN)C(=O)N[C@@H](CCN)C(=O)N[C@@H](Cc1ccc(O)cc1)C(=O)N[C@@H](CS)C(=O)N[C@@H](Cc1ccc(O)cc1)C(=O)O)[C@@H](C)O)C(C)(C)S. The Bertz CT molecular complexity index is 4540. The lowest BCUT2D eigenvalue weighted by Gasteiger charge is -2.34. The standard InChI is InChI=1S/C86H136N24O24S2/c1-8-43(4)66(107-79(128)63-37-51(116)39-110(63)83(132)65(92)42(2)3)80(129)109-68(86(6,7)136)82(131)103-58(35-46-16-22-49(114)23-17-46)74(123)105-61(40-111)77(126)102-59(38-64(91)117)76(125)97-53(13-11-33-95-85(93)94)70(119)99-56(28-32-90)73(122)108-67(44(5)112)81(130)100-55(27-31-89)71(120)96-52(12-9-10-29-87)69(118)98-54(26-30-88)72(121)101-57(34-45-14-20-48(113)21-15-45)75(124)106-62(41-135)78(127)104-60(84(133)134)36-47-18-24-50(115)25-19-47/h14-25,42-44,51-63,65-68,111-116,135-136H,8-13,26-41,87-90,92H2,1-7H3,(H2,91,117)(H,96,120)(H,97,125)(H,98,118)(H,99,119)(H,100,130)(H,101,121)(H,102,126)(H,103,131)(H,104,127)(H,105,123)(H,106,124)(H,107,128)(H,108,122)(H,109,129)(H,133,134)(H4,93,94,95)/t43-,44+,51+,52-,53-,54-,55+,56-,57-,58-,59-,60-,61-,62-,63-,65-,66-,67-,68+/m0/s1. The number of carboxylic acids is 1. The van der Waals surface area contributed by atoms with Crippen molar-refractivity contribution in [3.8, 4) is 17.2 Å². The molecular formula is C86H136N24O24S2. The molecule has 16 amide bonds. The first-order chi connectivity index (χ1) is 64.0. The zero-order valence-electron chi connectivity index (χ0n) is 77.0. The number of hydrogen-bond donors (Lipinski definition) is 32. The van der Waals surface area contributed by atoms with E-state index in [-0.39, 0.29) is 138 Å². The fourth-order valence-corrected chi connectivity index (χ4v) is 14.5. The minimum absolute atomic E-state index is 0.0931. The molecule has 0 aliphatic carbocycles. The van der Waals surface area contributed by atoms with Gasteiger partial charge in [0.1, 0.15) is 108 Å². The number of likely N-dealkylation sites (tertiary alicyclic amines) is 1. The number of rotatable bonds is 59. The molecule has 3 aromatic rings. The number of carboxylic acid groups (broad SMARTS) is 1. The van der Waals surface area contributed by atoms with Crippen molar-refractivity contribution in [3.05, 3.63) is 89.5 Å². The van der Waals surface area contributed by atoms with Crippen LogP contribution in [-0.2, 0) is 101 Å². The third kappa shape index (κ3) is 38.5. The molecule has 0 spiro atoms. The molecule has 48 nitrogen and oxygen atoms in total. The molecule has 19 atom stereocenters. The summed E-state index contributed by atoms with van der Waals surface area (Å²) in [7, 11) is 0. The van der Waals surface area contributed by atoms with Crippen LogP contribution in [0.5, 0.6) is 17.2 Å². The van der Waals surface area contributed by atoms with Crippen LogP contribution < -0.4 is 120 Å². The lowest BCUT2D eigenvalue weighted by molar-refractivity contribution is -0.142. The summed E-state index contributed by atoms with van der Waals surface area (Å²) in [6.45, 7) is 8.30. The summed E-state index contributed by atoms with van der Waals surface area (Å²) >= 11 is 8.84. The minimum Gasteiger partial charge on any atom is -0.508 e. The van der Waals surface area contributed by atoms with Crippen LogP contribution in [0.25, 0.3) is 0 Å². The Kier molecular flexibility index (Phi) is 49.1. The van der Waals surface area contributed by atoms with Crippen LogP contribution in [0.4, 0.5) is 0 Å². The van der Waals surface area contributed by atoms with Gasteiger partial charge in [0.2, 0.25) is 94.5 Å². The molecule has 1 aliphatic rings. The van der Waals surface area contributed by atoms with Crippen molar-refractivity contribution >= 4 is 132 Å². The number of thiol groups is 2. The van der Waals surface area contributed by atoms with Crippen molar-refractivity contribution in [2.24, 2.45) is 52.0 Å². The minimum atomic E-state index is -2.05. The number of aromatic hydroxyl groups is 3. The number of carbonyl (C=O) groups excluding carboxylic acids is 16. The summed E-state index contributed by atoms with van der Waals surface area (Å²) in [6.07, 6.45) is -6.06. The summed E-state index contributed by atoms with van der Waals surface area (Å²) in [5.41, 5.74) is 42.0. The van der Waals surface area contributed by atoms with Crippen molar-refractivity contribution in [1.29, 1.82) is 5.41 Å². The summed E-state index contributed by atoms with van der Waals surface area (Å²) in [5.74, 6) is -20.9. The van der Waals surface area contributed by atoms with E-state index in [0.717, 1.165) is 11.8 Å². The van der Waals surface area contributed by atoms with Crippen LogP contribution in [0.2, 0.25) is 0 Å². The number of aliphatic hydroxyl groups excluding tert-OH is 3. The molecule has 0 bridgehead atoms. The molecule has 756 valence electrons. The zero-order chi connectivity index (χ0) is 102. The number of benzene rings is 3. The second-order valence-corrected chi connectivity index (χ2v) is 35.5. The van der Waals surface area contributed by atoms with Crippen molar-refractivity contribution in [3.63, 3.8) is 0 Å². The fourth-order valence-electron chi connectivity index (χ4n) is 14.0. The van der Waals surface area contributed by atoms with Crippen LogP contribution in [0.3, 0.4) is 0 Å². The van der Waals surface area contributed by atoms with Crippen molar-refractivity contribution in [1.82, 2.24) is 84.7 Å². The van der Waals surface area contributed by atoms with Crippen molar-refractivity contribution in [2.75, 3.05) is 51.6 Å². The van der Waals surface area contributed by atoms with Crippen LogP contribution in [0.15, 0.2) is 72.8 Å². The Labute approximate surface area is 797 Å². The van der Waals surface area contributed by atoms with Gasteiger partial charge in [0, 0.05) is 49.3 Å². The second kappa shape index (κ2) is 57.6. The lowest BCUT2D eigenvalue weighted by Crippen LogP contribution is -2.64. The number of carbonyl (C=O) groups is 17. The Balaban J connectivity index is 1.57. The van der Waals surface area contributed by atoms with E-state index in [1.165, 1.54) is 86.6 Å². The molecule has 3 aromatic carbocycles. The number of primary amides is 1. The number of nitrogens with one attached hydrogen (secondary N) is 16. The first-order valence-corrected chi connectivity index (χ1v) is 45.5. The summed E-state index contributed by atoms with van der Waals surface area (Å²) in [4.78, 5) is 241. The number of aliphatic hydroxyl groups is 3. The fraction of sp³-hybridized carbons (Fsp3) is 0.581. The third-order valence-corrected chi connectivity index (χ3v) is 22.7. The molecule has 1 saturated heterocycles. The van der Waals surface area contributed by atoms with E-state index >= 15 is 0 Å². The molecular weight excluding hydrogens is 1820 g/mol. The maximum Gasteiger partial charge on any atom is 0.326 e. The highest BCUT2D eigenvalue weighted by Crippen LogP contribution is 2.25. The van der Waals surface area contributed by atoms with Gasteiger partial charge in [-0.05, 0) is 163 Å². The average molecular weight is 1950 g/mol. The van der Waals surface area contributed by atoms with Gasteiger partial charge < -0.3 is 161 Å². The van der Waals surface area contributed by atoms with Crippen LogP contribution in [0.1, 0.15) is 136 Å². The Hall–Kier alpha value is -12.3. The summed E-state index contributed by atoms with van der Waals surface area (Å²) < 4.78 is -1.49. The highest BCUT2D eigenvalue weighted by molar-refractivity contribution is 7.81. The van der Waals surface area contributed by atoms with E-state index in [2.05, 4.69) is 105 Å². The number of aliphatic carboxylic acids is 1. The molecule has 0 unspecified atom stereocenters. The lowest BCUT2D eigenvalue weighted by atomic mass is 9.95. The molecule has 0 aromatic heterocycles. The summed E-state index contributed by atoms with van der Waals surface area (Å²) in [6, 6.07) is -9.71. The molecule has 1 heterocycles. The van der Waals surface area contributed by atoms with Gasteiger partial charge in [0.25, 0.3) is 0 Å². The topological polar surface area (TPSA) is 821 Å². The van der Waals surface area contributed by atoms with Gasteiger partial charge >= 0.3 is 5.97 Å². The average Bonchev–Trinajstić information content (AvgIpc) is 1.38.